The van der Waals surface area contributed by atoms with Crippen molar-refractivity contribution in [1.29, 1.82) is 5.41 Å². The second kappa shape index (κ2) is 6.64. The van der Waals surface area contributed by atoms with Gasteiger partial charge < -0.3 is 5.73 Å². The van der Waals surface area contributed by atoms with Crippen LogP contribution in [0.1, 0.15) is 19.3 Å². The first-order valence-electron chi connectivity index (χ1n) is 6.66. The van der Waals surface area contributed by atoms with E-state index in [2.05, 4.69) is 9.71 Å². The first-order chi connectivity index (χ1) is 10.0. The molecule has 2 rings (SSSR count). The highest BCUT2D eigenvalue weighted by atomic mass is 32.2. The molecule has 0 atom stereocenters. The number of nitrogens with zero attached hydrogens (tertiary/aromatic N) is 1. The largest absolute Gasteiger partial charge is 0.388 e. The van der Waals surface area contributed by atoms with Crippen LogP contribution in [0.25, 0.3) is 10.8 Å². The summed E-state index contributed by atoms with van der Waals surface area (Å²) >= 11 is 0. The average molecular weight is 306 g/mol. The maximum atomic E-state index is 12.3. The molecule has 0 aliphatic heterocycles. The molecule has 0 amide bonds. The molecular weight excluding hydrogens is 288 g/mol. The van der Waals surface area contributed by atoms with Crippen LogP contribution in [0.15, 0.2) is 41.6 Å². The molecule has 0 saturated heterocycles. The van der Waals surface area contributed by atoms with Crippen LogP contribution < -0.4 is 10.5 Å². The van der Waals surface area contributed by atoms with Crippen molar-refractivity contribution in [2.24, 2.45) is 5.73 Å². The van der Waals surface area contributed by atoms with Gasteiger partial charge in [-0.1, -0.05) is 12.1 Å². The van der Waals surface area contributed by atoms with Gasteiger partial charge in [0, 0.05) is 36.1 Å². The lowest BCUT2D eigenvalue weighted by Gasteiger charge is -2.09. The lowest BCUT2D eigenvalue weighted by atomic mass is 10.2. The molecule has 1 aromatic heterocycles. The van der Waals surface area contributed by atoms with E-state index < -0.39 is 10.0 Å². The molecule has 0 aliphatic carbocycles. The molecular formula is C14H18N4O2S. The molecule has 1 heterocycles. The summed E-state index contributed by atoms with van der Waals surface area (Å²) in [6.45, 7) is 0.330. The number of rotatable bonds is 7. The van der Waals surface area contributed by atoms with E-state index in [1.54, 1.807) is 30.6 Å². The van der Waals surface area contributed by atoms with Crippen LogP contribution >= 0.6 is 0 Å². The topological polar surface area (TPSA) is 109 Å². The second-order valence-corrected chi connectivity index (χ2v) is 6.47. The third-order valence-corrected chi connectivity index (χ3v) is 4.61. The Hall–Kier alpha value is -1.99. The zero-order valence-corrected chi connectivity index (χ0v) is 12.4. The first-order valence-corrected chi connectivity index (χ1v) is 8.14. The van der Waals surface area contributed by atoms with E-state index in [1.807, 2.05) is 6.07 Å². The minimum absolute atomic E-state index is 0.124. The molecule has 0 unspecified atom stereocenters. The Bertz CT molecular complexity index is 738. The van der Waals surface area contributed by atoms with Gasteiger partial charge in [0.2, 0.25) is 10.0 Å². The predicted molar refractivity (Wildman–Crippen MR) is 82.7 cm³/mol. The van der Waals surface area contributed by atoms with Gasteiger partial charge in [0.05, 0.1) is 10.7 Å². The number of fused-ring (bicyclic) bond motifs is 1. The normalized spacial score (nSPS) is 11.6. The van der Waals surface area contributed by atoms with Gasteiger partial charge in [-0.3, -0.25) is 10.4 Å². The van der Waals surface area contributed by atoms with Gasteiger partial charge in [-0.25, -0.2) is 13.1 Å². The van der Waals surface area contributed by atoms with E-state index in [9.17, 15) is 8.42 Å². The fourth-order valence-corrected chi connectivity index (χ4v) is 3.35. The summed E-state index contributed by atoms with van der Waals surface area (Å²) in [5, 5.41) is 8.56. The summed E-state index contributed by atoms with van der Waals surface area (Å²) in [5.41, 5.74) is 5.25. The second-order valence-electron chi connectivity index (χ2n) is 4.73. The molecule has 4 N–H and O–H groups in total. The molecule has 0 fully saturated rings. The number of pyridine rings is 1. The van der Waals surface area contributed by atoms with Gasteiger partial charge in [0.25, 0.3) is 0 Å². The maximum absolute atomic E-state index is 12.3. The van der Waals surface area contributed by atoms with Crippen molar-refractivity contribution in [1.82, 2.24) is 9.71 Å². The molecule has 21 heavy (non-hydrogen) atoms. The molecule has 0 spiro atoms. The fourth-order valence-electron chi connectivity index (χ4n) is 2.05. The van der Waals surface area contributed by atoms with Gasteiger partial charge in [0.1, 0.15) is 0 Å². The number of nitrogens with one attached hydrogen (secondary N) is 2. The summed E-state index contributed by atoms with van der Waals surface area (Å²) < 4.78 is 27.3. The van der Waals surface area contributed by atoms with Crippen LogP contribution in [-0.2, 0) is 10.0 Å². The Morgan fingerprint density at radius 2 is 2.10 bits per heavy atom. The van der Waals surface area contributed by atoms with E-state index in [0.29, 0.717) is 31.2 Å². The van der Waals surface area contributed by atoms with Crippen LogP contribution in [0, 0.1) is 5.41 Å². The molecule has 2 aromatic rings. The fraction of sp³-hybridized carbons (Fsp3) is 0.286. The molecule has 0 aliphatic rings. The molecule has 6 nitrogen and oxygen atoms in total. The zero-order valence-electron chi connectivity index (χ0n) is 11.5. The standard InChI is InChI=1S/C14H18N4O2S/c15-14(16)6-1-2-8-18-21(19,20)13-5-3-4-11-10-17-9-7-12(11)13/h3-5,7,9-10,18H,1-2,6,8H2,(H3,15,16). The molecule has 0 bridgehead atoms. The molecule has 1 aromatic carbocycles. The number of hydrogen-bond donors (Lipinski definition) is 3. The van der Waals surface area contributed by atoms with E-state index in [4.69, 9.17) is 11.1 Å². The minimum Gasteiger partial charge on any atom is -0.388 e. The summed E-state index contributed by atoms with van der Waals surface area (Å²) in [7, 11) is -3.55. The highest BCUT2D eigenvalue weighted by Crippen LogP contribution is 2.21. The lowest BCUT2D eigenvalue weighted by Crippen LogP contribution is -2.25. The summed E-state index contributed by atoms with van der Waals surface area (Å²) in [5.74, 6) is 0.124. The first kappa shape index (κ1) is 15.4. The molecule has 7 heteroatoms. The van der Waals surface area contributed by atoms with Crippen molar-refractivity contribution < 1.29 is 8.42 Å². The van der Waals surface area contributed by atoms with Crippen LogP contribution in [0.2, 0.25) is 0 Å². The van der Waals surface area contributed by atoms with E-state index in [1.165, 1.54) is 0 Å². The summed E-state index contributed by atoms with van der Waals surface area (Å²) in [6.07, 6.45) is 5.04. The third-order valence-electron chi connectivity index (χ3n) is 3.10. The van der Waals surface area contributed by atoms with Gasteiger partial charge in [-0.15, -0.1) is 0 Å². The average Bonchev–Trinajstić information content (AvgIpc) is 2.46. The van der Waals surface area contributed by atoms with Crippen LogP contribution in [0.5, 0.6) is 0 Å². The number of amidine groups is 1. The number of aromatic nitrogens is 1. The molecule has 0 radical (unpaired) electrons. The van der Waals surface area contributed by atoms with Gasteiger partial charge >= 0.3 is 0 Å². The van der Waals surface area contributed by atoms with E-state index in [-0.39, 0.29) is 10.7 Å². The van der Waals surface area contributed by atoms with Crippen LogP contribution in [0.4, 0.5) is 0 Å². The van der Waals surface area contributed by atoms with Crippen molar-refractivity contribution >= 4 is 26.6 Å². The van der Waals surface area contributed by atoms with Crippen molar-refractivity contribution in [3.63, 3.8) is 0 Å². The molecule has 112 valence electrons. The van der Waals surface area contributed by atoms with Crippen molar-refractivity contribution in [3.05, 3.63) is 36.7 Å². The Morgan fingerprint density at radius 3 is 2.86 bits per heavy atom. The summed E-state index contributed by atoms with van der Waals surface area (Å²) in [6, 6.07) is 6.81. The third kappa shape index (κ3) is 3.99. The smallest absolute Gasteiger partial charge is 0.241 e. The highest BCUT2D eigenvalue weighted by molar-refractivity contribution is 7.89. The maximum Gasteiger partial charge on any atom is 0.241 e. The lowest BCUT2D eigenvalue weighted by molar-refractivity contribution is 0.578. The number of nitrogens with two attached hydrogens (primary N) is 1. The predicted octanol–water partition coefficient (Wildman–Crippen LogP) is 1.62. The Labute approximate surface area is 123 Å². The van der Waals surface area contributed by atoms with Crippen LogP contribution in [0.3, 0.4) is 0 Å². The Morgan fingerprint density at radius 1 is 1.29 bits per heavy atom. The van der Waals surface area contributed by atoms with Crippen molar-refractivity contribution in [2.75, 3.05) is 6.54 Å². The van der Waals surface area contributed by atoms with Crippen molar-refractivity contribution in [3.8, 4) is 0 Å². The number of benzene rings is 1. The number of unbranched alkanes of at least 4 members (excludes halogenated alkanes) is 1. The SMILES string of the molecule is N=C(N)CCCCNS(=O)(=O)c1cccc2cnccc12. The van der Waals surface area contributed by atoms with Crippen LogP contribution in [-0.4, -0.2) is 25.8 Å². The van der Waals surface area contributed by atoms with E-state index in [0.717, 1.165) is 5.39 Å². The Balaban J connectivity index is 2.10. The highest BCUT2D eigenvalue weighted by Gasteiger charge is 2.16. The van der Waals surface area contributed by atoms with Gasteiger partial charge in [0.15, 0.2) is 0 Å². The van der Waals surface area contributed by atoms with Gasteiger partial charge in [-0.05, 0) is 25.0 Å². The van der Waals surface area contributed by atoms with E-state index >= 15 is 0 Å². The quantitative estimate of drug-likeness (QED) is 0.410. The molecule has 0 saturated carbocycles. The zero-order chi connectivity index (χ0) is 15.3. The Kier molecular flexibility index (Phi) is 4.87. The minimum atomic E-state index is -3.55. The summed E-state index contributed by atoms with van der Waals surface area (Å²) in [4.78, 5) is 4.25. The monoisotopic (exact) mass is 306 g/mol. The number of hydrogen-bond acceptors (Lipinski definition) is 4. The number of sulfonamides is 1. The van der Waals surface area contributed by atoms with Crippen molar-refractivity contribution in [2.45, 2.75) is 24.2 Å². The van der Waals surface area contributed by atoms with Gasteiger partial charge in [-0.2, -0.15) is 0 Å².